The van der Waals surface area contributed by atoms with Crippen LogP contribution in [0, 0.1) is 11.8 Å². The van der Waals surface area contributed by atoms with Gasteiger partial charge < -0.3 is 5.73 Å². The standard InChI is InChI=1S/C9H20N2OS2/c1-7(2)5-13-11(9(10)12)14-6-8(3)4/h7-8H,5-6H2,1-4H3,(H2,10,12). The second-order valence-corrected chi connectivity index (χ2v) is 6.12. The summed E-state index contributed by atoms with van der Waals surface area (Å²) in [6, 6.07) is -0.360. The normalized spacial score (nSPS) is 11.0. The summed E-state index contributed by atoms with van der Waals surface area (Å²) in [5.74, 6) is 2.99. The van der Waals surface area contributed by atoms with Crippen LogP contribution in [0.2, 0.25) is 0 Å². The number of hydrogen-bond acceptors (Lipinski definition) is 3. The Kier molecular flexibility index (Phi) is 7.27. The van der Waals surface area contributed by atoms with Crippen molar-refractivity contribution < 1.29 is 4.79 Å². The summed E-state index contributed by atoms with van der Waals surface area (Å²) < 4.78 is 1.58. The minimum atomic E-state index is -0.360. The van der Waals surface area contributed by atoms with Crippen molar-refractivity contribution in [2.75, 3.05) is 11.5 Å². The molecule has 2 amide bonds. The van der Waals surface area contributed by atoms with E-state index in [0.717, 1.165) is 11.5 Å². The van der Waals surface area contributed by atoms with Crippen molar-refractivity contribution in [3.63, 3.8) is 0 Å². The van der Waals surface area contributed by atoms with Gasteiger partial charge in [-0.1, -0.05) is 27.7 Å². The van der Waals surface area contributed by atoms with Crippen LogP contribution in [0.1, 0.15) is 27.7 Å². The van der Waals surface area contributed by atoms with Gasteiger partial charge in [-0.2, -0.15) is 0 Å². The molecule has 0 heterocycles. The molecule has 0 aliphatic rings. The second kappa shape index (κ2) is 7.29. The Morgan fingerprint density at radius 2 is 1.50 bits per heavy atom. The number of amides is 2. The van der Waals surface area contributed by atoms with Crippen LogP contribution in [0.25, 0.3) is 0 Å². The molecule has 0 rings (SSSR count). The zero-order valence-corrected chi connectivity index (χ0v) is 11.0. The summed E-state index contributed by atoms with van der Waals surface area (Å²) in [5, 5.41) is 0. The number of rotatable bonds is 6. The molecule has 0 unspecified atom stereocenters. The number of carbonyl (C=O) groups excluding carboxylic acids is 1. The van der Waals surface area contributed by atoms with Crippen molar-refractivity contribution in [1.29, 1.82) is 0 Å². The third-order valence-corrected chi connectivity index (χ3v) is 4.32. The molecule has 0 radical (unpaired) electrons. The van der Waals surface area contributed by atoms with E-state index in [-0.39, 0.29) is 6.03 Å². The monoisotopic (exact) mass is 236 g/mol. The summed E-state index contributed by atoms with van der Waals surface area (Å²) >= 11 is 3.00. The topological polar surface area (TPSA) is 46.3 Å². The van der Waals surface area contributed by atoms with Crippen molar-refractivity contribution in [3.05, 3.63) is 0 Å². The molecule has 0 aromatic rings. The van der Waals surface area contributed by atoms with E-state index >= 15 is 0 Å². The van der Waals surface area contributed by atoms with Gasteiger partial charge in [0, 0.05) is 11.5 Å². The highest BCUT2D eigenvalue weighted by molar-refractivity contribution is 8.12. The van der Waals surface area contributed by atoms with Crippen LogP contribution >= 0.6 is 23.9 Å². The molecular formula is C9H20N2OS2. The summed E-state index contributed by atoms with van der Waals surface area (Å²) in [6.45, 7) is 8.50. The van der Waals surface area contributed by atoms with Crippen molar-refractivity contribution in [3.8, 4) is 0 Å². The molecule has 0 atom stereocenters. The lowest BCUT2D eigenvalue weighted by molar-refractivity contribution is 0.246. The van der Waals surface area contributed by atoms with Crippen LogP contribution < -0.4 is 5.73 Å². The molecule has 0 fully saturated rings. The predicted octanol–water partition coefficient (Wildman–Crippen LogP) is 2.98. The minimum absolute atomic E-state index is 0.360. The van der Waals surface area contributed by atoms with Gasteiger partial charge in [0.25, 0.3) is 0 Å². The van der Waals surface area contributed by atoms with Crippen LogP contribution in [0.5, 0.6) is 0 Å². The summed E-state index contributed by atoms with van der Waals surface area (Å²) in [4.78, 5) is 11.0. The van der Waals surface area contributed by atoms with Gasteiger partial charge in [-0.15, -0.1) is 0 Å². The number of urea groups is 1. The molecule has 0 aromatic carbocycles. The first-order valence-corrected chi connectivity index (χ1v) is 6.67. The number of primary amides is 1. The third-order valence-electron chi connectivity index (χ3n) is 1.23. The lowest BCUT2D eigenvalue weighted by Crippen LogP contribution is -2.26. The fourth-order valence-electron chi connectivity index (χ4n) is 0.598. The number of carbonyl (C=O) groups is 1. The summed E-state index contributed by atoms with van der Waals surface area (Å²) in [5.41, 5.74) is 5.25. The van der Waals surface area contributed by atoms with E-state index in [9.17, 15) is 4.79 Å². The Bertz CT molecular complexity index is 162. The average Bonchev–Trinajstić information content (AvgIpc) is 2.02. The van der Waals surface area contributed by atoms with Crippen molar-refractivity contribution >= 4 is 29.9 Å². The molecular weight excluding hydrogens is 216 g/mol. The first-order valence-electron chi connectivity index (χ1n) is 4.78. The quantitative estimate of drug-likeness (QED) is 0.721. The maximum Gasteiger partial charge on any atom is 0.335 e. The molecule has 14 heavy (non-hydrogen) atoms. The zero-order valence-electron chi connectivity index (χ0n) is 9.32. The van der Waals surface area contributed by atoms with Gasteiger partial charge in [-0.25, -0.2) is 8.51 Å². The lowest BCUT2D eigenvalue weighted by atomic mass is 10.3. The Morgan fingerprint density at radius 3 is 1.71 bits per heavy atom. The first-order chi connectivity index (χ1) is 6.43. The van der Waals surface area contributed by atoms with Crippen molar-refractivity contribution in [2.45, 2.75) is 27.7 Å². The Morgan fingerprint density at radius 1 is 1.14 bits per heavy atom. The second-order valence-electron chi connectivity index (χ2n) is 3.97. The van der Waals surface area contributed by atoms with E-state index in [1.165, 1.54) is 23.9 Å². The van der Waals surface area contributed by atoms with Crippen LogP contribution in [0.3, 0.4) is 0 Å². The Labute approximate surface area is 95.4 Å². The van der Waals surface area contributed by atoms with Gasteiger partial charge in [0.1, 0.15) is 0 Å². The average molecular weight is 236 g/mol. The molecule has 3 nitrogen and oxygen atoms in total. The van der Waals surface area contributed by atoms with E-state index in [2.05, 4.69) is 27.7 Å². The van der Waals surface area contributed by atoms with E-state index < -0.39 is 0 Å². The molecule has 0 spiro atoms. The van der Waals surface area contributed by atoms with E-state index in [0.29, 0.717) is 11.8 Å². The maximum atomic E-state index is 11.0. The van der Waals surface area contributed by atoms with Gasteiger partial charge in [0.2, 0.25) is 0 Å². The summed E-state index contributed by atoms with van der Waals surface area (Å²) in [7, 11) is 0. The molecule has 0 saturated heterocycles. The highest BCUT2D eigenvalue weighted by Gasteiger charge is 2.12. The molecule has 0 aliphatic heterocycles. The Hall–Kier alpha value is -0.0300. The third kappa shape index (κ3) is 7.38. The number of hydrogen-bond donors (Lipinski definition) is 1. The van der Waals surface area contributed by atoms with Crippen LogP contribution in [-0.2, 0) is 0 Å². The smallest absolute Gasteiger partial charge is 0.335 e. The lowest BCUT2D eigenvalue weighted by Gasteiger charge is -2.19. The number of nitrogens with zero attached hydrogens (tertiary/aromatic N) is 1. The van der Waals surface area contributed by atoms with Gasteiger partial charge >= 0.3 is 6.03 Å². The summed E-state index contributed by atoms with van der Waals surface area (Å²) in [6.07, 6.45) is 0. The first kappa shape index (κ1) is 14.0. The van der Waals surface area contributed by atoms with Crippen LogP contribution in [0.15, 0.2) is 0 Å². The highest BCUT2D eigenvalue weighted by Crippen LogP contribution is 2.24. The highest BCUT2D eigenvalue weighted by atomic mass is 32.2. The predicted molar refractivity (Wildman–Crippen MR) is 66.0 cm³/mol. The van der Waals surface area contributed by atoms with Gasteiger partial charge in [0.05, 0.1) is 0 Å². The van der Waals surface area contributed by atoms with Gasteiger partial charge in [0.15, 0.2) is 0 Å². The molecule has 0 saturated carbocycles. The molecule has 0 aromatic heterocycles. The van der Waals surface area contributed by atoms with Gasteiger partial charge in [-0.05, 0) is 35.7 Å². The Balaban J connectivity index is 3.84. The SMILES string of the molecule is CC(C)CSN(SCC(C)C)C(N)=O. The molecule has 5 heteroatoms. The zero-order chi connectivity index (χ0) is 11.1. The molecule has 84 valence electrons. The molecule has 0 bridgehead atoms. The van der Waals surface area contributed by atoms with Crippen molar-refractivity contribution in [2.24, 2.45) is 17.6 Å². The minimum Gasteiger partial charge on any atom is -0.350 e. The fraction of sp³-hybridized carbons (Fsp3) is 0.889. The van der Waals surface area contributed by atoms with E-state index in [4.69, 9.17) is 5.73 Å². The van der Waals surface area contributed by atoms with Crippen LogP contribution in [0.4, 0.5) is 4.79 Å². The largest absolute Gasteiger partial charge is 0.350 e. The number of nitrogens with two attached hydrogens (primary N) is 1. The van der Waals surface area contributed by atoms with E-state index in [1.54, 1.807) is 3.71 Å². The van der Waals surface area contributed by atoms with E-state index in [1.807, 2.05) is 0 Å². The van der Waals surface area contributed by atoms with Crippen LogP contribution in [-0.4, -0.2) is 21.2 Å². The molecule has 0 aliphatic carbocycles. The fourth-order valence-corrected chi connectivity index (χ4v) is 2.38. The van der Waals surface area contributed by atoms with Gasteiger partial charge in [-0.3, -0.25) is 0 Å². The maximum absolute atomic E-state index is 11.0. The molecule has 2 N–H and O–H groups in total. The van der Waals surface area contributed by atoms with Crippen molar-refractivity contribution in [1.82, 2.24) is 3.71 Å².